The topological polar surface area (TPSA) is 94.1 Å². The molecule has 0 bridgehead atoms. The first-order valence-electron chi connectivity index (χ1n) is 28.4. The number of hydrogen-bond donors (Lipinski definition) is 0. The van der Waals surface area contributed by atoms with Gasteiger partial charge in [-0.2, -0.15) is 0 Å². The standard InChI is InChI=1S/C58H110NO7P/c1-6-8-10-12-14-16-18-20-22-24-26-28-29-30-31-32-33-35-37-39-41-43-45-47-49-51-58(60)66-57(56-65-67(61,62)64-54-52-59(3,4)5)55-63-53-50-48-46-44-42-40-38-36-34-27-25-23-21-19-17-15-13-11-9-7-2/h18,20-21,23-24,26,29-30,57H,6-17,19,22,25,27-28,31-56H2,1-5H3/b20-18-,23-21-,26-24-,30-29-. The zero-order valence-electron chi connectivity index (χ0n) is 44.9. The van der Waals surface area contributed by atoms with Gasteiger partial charge in [0.1, 0.15) is 19.3 Å². The van der Waals surface area contributed by atoms with E-state index in [4.69, 9.17) is 18.5 Å². The summed E-state index contributed by atoms with van der Waals surface area (Å²) in [5.41, 5.74) is 0. The third-order valence-electron chi connectivity index (χ3n) is 12.4. The summed E-state index contributed by atoms with van der Waals surface area (Å²) in [6.07, 6.45) is 64.3. The normalized spacial score (nSPS) is 13.8. The van der Waals surface area contributed by atoms with Crippen molar-refractivity contribution in [2.24, 2.45) is 0 Å². The molecule has 394 valence electrons. The number of phosphoric ester groups is 1. The van der Waals surface area contributed by atoms with E-state index in [0.717, 1.165) is 44.9 Å². The van der Waals surface area contributed by atoms with Crippen molar-refractivity contribution in [2.45, 2.75) is 264 Å². The highest BCUT2D eigenvalue weighted by Gasteiger charge is 2.20. The van der Waals surface area contributed by atoms with E-state index in [-0.39, 0.29) is 25.8 Å². The molecule has 2 atom stereocenters. The smallest absolute Gasteiger partial charge is 0.306 e. The van der Waals surface area contributed by atoms with Crippen molar-refractivity contribution in [1.29, 1.82) is 0 Å². The summed E-state index contributed by atoms with van der Waals surface area (Å²) in [6, 6.07) is 0. The zero-order chi connectivity index (χ0) is 49.0. The van der Waals surface area contributed by atoms with Crippen LogP contribution in [0.2, 0.25) is 0 Å². The lowest BCUT2D eigenvalue weighted by molar-refractivity contribution is -0.870. The van der Waals surface area contributed by atoms with Crippen LogP contribution in [0.4, 0.5) is 0 Å². The van der Waals surface area contributed by atoms with Gasteiger partial charge in [-0.05, 0) is 77.0 Å². The third-order valence-corrected chi connectivity index (χ3v) is 13.3. The predicted molar refractivity (Wildman–Crippen MR) is 286 cm³/mol. The molecule has 0 radical (unpaired) electrons. The van der Waals surface area contributed by atoms with Crippen LogP contribution in [-0.4, -0.2) is 70.7 Å². The van der Waals surface area contributed by atoms with Crippen molar-refractivity contribution in [2.75, 3.05) is 54.1 Å². The molecule has 8 nitrogen and oxygen atoms in total. The van der Waals surface area contributed by atoms with Crippen molar-refractivity contribution in [3.63, 3.8) is 0 Å². The minimum absolute atomic E-state index is 0.0247. The van der Waals surface area contributed by atoms with Crippen LogP contribution in [0, 0.1) is 0 Å². The van der Waals surface area contributed by atoms with Crippen molar-refractivity contribution < 1.29 is 37.3 Å². The van der Waals surface area contributed by atoms with Gasteiger partial charge in [0.05, 0.1) is 34.4 Å². The molecule has 0 spiro atoms. The Morgan fingerprint density at radius 1 is 0.463 bits per heavy atom. The molecule has 0 rings (SSSR count). The van der Waals surface area contributed by atoms with Crippen LogP contribution in [0.3, 0.4) is 0 Å². The van der Waals surface area contributed by atoms with Gasteiger partial charge in [0.15, 0.2) is 0 Å². The number of quaternary nitrogens is 1. The Morgan fingerprint density at radius 2 is 0.821 bits per heavy atom. The monoisotopic (exact) mass is 964 g/mol. The lowest BCUT2D eigenvalue weighted by atomic mass is 10.0. The van der Waals surface area contributed by atoms with E-state index in [2.05, 4.69) is 62.5 Å². The second-order valence-electron chi connectivity index (χ2n) is 20.3. The molecule has 9 heteroatoms. The largest absolute Gasteiger partial charge is 0.756 e. The van der Waals surface area contributed by atoms with Gasteiger partial charge in [0.2, 0.25) is 0 Å². The van der Waals surface area contributed by atoms with Gasteiger partial charge >= 0.3 is 5.97 Å². The molecular weight excluding hydrogens is 854 g/mol. The zero-order valence-corrected chi connectivity index (χ0v) is 45.7. The molecule has 0 heterocycles. The predicted octanol–water partition coefficient (Wildman–Crippen LogP) is 17.2. The average molecular weight is 964 g/mol. The van der Waals surface area contributed by atoms with Crippen molar-refractivity contribution >= 4 is 13.8 Å². The Labute approximate surface area is 416 Å². The third kappa shape index (κ3) is 55.3. The number of allylic oxidation sites excluding steroid dienone is 8. The van der Waals surface area contributed by atoms with Crippen LogP contribution in [0.15, 0.2) is 48.6 Å². The van der Waals surface area contributed by atoms with Gasteiger partial charge in [-0.3, -0.25) is 9.36 Å². The Kier molecular flexibility index (Phi) is 49.7. The Morgan fingerprint density at radius 3 is 1.24 bits per heavy atom. The van der Waals surface area contributed by atoms with Crippen LogP contribution in [0.5, 0.6) is 0 Å². The molecule has 0 aliphatic rings. The van der Waals surface area contributed by atoms with E-state index in [1.807, 2.05) is 21.1 Å². The number of ether oxygens (including phenoxy) is 2. The van der Waals surface area contributed by atoms with Gasteiger partial charge in [-0.25, -0.2) is 0 Å². The quantitative estimate of drug-likeness (QED) is 0.0197. The van der Waals surface area contributed by atoms with E-state index in [1.54, 1.807) is 0 Å². The van der Waals surface area contributed by atoms with Crippen LogP contribution in [0.1, 0.15) is 258 Å². The Balaban J connectivity index is 4.09. The van der Waals surface area contributed by atoms with Crippen LogP contribution >= 0.6 is 7.82 Å². The van der Waals surface area contributed by atoms with Gasteiger partial charge in [0, 0.05) is 13.0 Å². The van der Waals surface area contributed by atoms with E-state index < -0.39 is 13.9 Å². The molecule has 0 aromatic heterocycles. The number of unbranched alkanes of at least 4 members (excludes halogenated alkanes) is 31. The Hall–Kier alpha value is -1.54. The van der Waals surface area contributed by atoms with Crippen LogP contribution in [0.25, 0.3) is 0 Å². The maximum Gasteiger partial charge on any atom is 0.306 e. The fourth-order valence-corrected chi connectivity index (χ4v) is 8.69. The van der Waals surface area contributed by atoms with E-state index in [9.17, 15) is 14.3 Å². The van der Waals surface area contributed by atoms with Gasteiger partial charge < -0.3 is 27.9 Å². The molecular formula is C58H110NO7P. The first-order chi connectivity index (χ1) is 32.6. The summed E-state index contributed by atoms with van der Waals surface area (Å²) in [6.45, 7) is 5.43. The van der Waals surface area contributed by atoms with Gasteiger partial charge in [-0.1, -0.05) is 223 Å². The number of rotatable bonds is 53. The highest BCUT2D eigenvalue weighted by molar-refractivity contribution is 7.45. The molecule has 0 aliphatic heterocycles. The van der Waals surface area contributed by atoms with Crippen LogP contribution in [-0.2, 0) is 27.9 Å². The number of likely N-dealkylation sites (N-methyl/N-ethyl adjacent to an activating group) is 1. The summed E-state index contributed by atoms with van der Waals surface area (Å²) in [7, 11) is 1.36. The highest BCUT2D eigenvalue weighted by Crippen LogP contribution is 2.38. The summed E-state index contributed by atoms with van der Waals surface area (Å²) in [5, 5.41) is 0. The summed E-state index contributed by atoms with van der Waals surface area (Å²) in [4.78, 5) is 25.2. The minimum atomic E-state index is -4.54. The molecule has 2 unspecified atom stereocenters. The number of hydrogen-bond acceptors (Lipinski definition) is 7. The minimum Gasteiger partial charge on any atom is -0.756 e. The number of nitrogens with zero attached hydrogens (tertiary/aromatic N) is 1. The second kappa shape index (κ2) is 50.8. The second-order valence-corrected chi connectivity index (χ2v) is 21.7. The number of phosphoric acid groups is 1. The van der Waals surface area contributed by atoms with E-state index in [0.29, 0.717) is 24.1 Å². The van der Waals surface area contributed by atoms with Crippen molar-refractivity contribution in [3.05, 3.63) is 48.6 Å². The van der Waals surface area contributed by atoms with Gasteiger partial charge in [-0.15, -0.1) is 0 Å². The molecule has 0 aromatic carbocycles. The lowest BCUT2D eigenvalue weighted by Crippen LogP contribution is -2.37. The molecule has 0 fully saturated rings. The first-order valence-corrected chi connectivity index (χ1v) is 29.8. The highest BCUT2D eigenvalue weighted by atomic mass is 31.2. The fourth-order valence-electron chi connectivity index (χ4n) is 7.96. The number of carbonyl (C=O) groups excluding carboxylic acids is 1. The Bertz CT molecular complexity index is 1210. The molecule has 0 aliphatic carbocycles. The van der Waals surface area contributed by atoms with Crippen molar-refractivity contribution in [3.8, 4) is 0 Å². The van der Waals surface area contributed by atoms with Crippen LogP contribution < -0.4 is 4.89 Å². The molecule has 0 saturated carbocycles. The maximum atomic E-state index is 12.8. The first kappa shape index (κ1) is 65.5. The average Bonchev–Trinajstić information content (AvgIpc) is 3.29. The van der Waals surface area contributed by atoms with E-state index in [1.165, 1.54) is 193 Å². The SMILES string of the molecule is CCCCCCC/C=C\C/C=C\C/C=C\CCCCCCCCCCCCC(=O)OC(COCCCCCCCCCCCC/C=C\CCCCCCCC)COP(=O)([O-])OCC[N+](C)(C)C. The fraction of sp³-hybridized carbons (Fsp3) is 0.845. The number of carbonyl (C=O) groups is 1. The summed E-state index contributed by atoms with van der Waals surface area (Å²) >= 11 is 0. The molecule has 0 saturated heterocycles. The molecule has 0 N–H and O–H groups in total. The molecule has 67 heavy (non-hydrogen) atoms. The number of esters is 1. The van der Waals surface area contributed by atoms with E-state index >= 15 is 0 Å². The molecule has 0 amide bonds. The van der Waals surface area contributed by atoms with Gasteiger partial charge in [0.25, 0.3) is 7.82 Å². The maximum absolute atomic E-state index is 12.8. The lowest BCUT2D eigenvalue weighted by Gasteiger charge is -2.28. The van der Waals surface area contributed by atoms with Crippen molar-refractivity contribution in [1.82, 2.24) is 0 Å². The summed E-state index contributed by atoms with van der Waals surface area (Å²) < 4.78 is 34.8. The summed E-state index contributed by atoms with van der Waals surface area (Å²) in [5.74, 6) is -0.336. The molecule has 0 aromatic rings.